The molecule has 1 aliphatic heterocycles. The molecule has 0 aromatic rings. The number of nitrogens with one attached hydrogen (secondary N) is 1. The lowest BCUT2D eigenvalue weighted by Crippen LogP contribution is -2.41. The molecule has 2 N–H and O–H groups in total. The Morgan fingerprint density at radius 1 is 1.25 bits per heavy atom. The number of ether oxygens (including phenoxy) is 1. The van der Waals surface area contributed by atoms with Crippen LogP contribution in [-0.2, 0) is 4.74 Å². The Balaban J connectivity index is 1.51. The van der Waals surface area contributed by atoms with Gasteiger partial charge in [-0.15, -0.1) is 0 Å². The largest absolute Gasteiger partial charge is 0.396 e. The summed E-state index contributed by atoms with van der Waals surface area (Å²) in [5.74, 6) is 0. The Bertz CT molecular complexity index is 201. The van der Waals surface area contributed by atoms with Crippen molar-refractivity contribution in [2.45, 2.75) is 19.3 Å². The Kier molecular flexibility index (Phi) is 4.58. The van der Waals surface area contributed by atoms with Gasteiger partial charge in [-0.3, -0.25) is 4.90 Å². The molecule has 0 amide bonds. The summed E-state index contributed by atoms with van der Waals surface area (Å²) in [4.78, 5) is 2.45. The molecule has 0 unspecified atom stereocenters. The van der Waals surface area contributed by atoms with E-state index >= 15 is 0 Å². The van der Waals surface area contributed by atoms with Crippen molar-refractivity contribution in [1.29, 1.82) is 0 Å². The van der Waals surface area contributed by atoms with Crippen LogP contribution in [0.3, 0.4) is 0 Å². The van der Waals surface area contributed by atoms with Gasteiger partial charge in [-0.25, -0.2) is 0 Å². The maximum atomic E-state index is 8.95. The van der Waals surface area contributed by atoms with Crippen molar-refractivity contribution < 1.29 is 9.84 Å². The first-order chi connectivity index (χ1) is 7.85. The summed E-state index contributed by atoms with van der Waals surface area (Å²) >= 11 is 0. The van der Waals surface area contributed by atoms with Gasteiger partial charge >= 0.3 is 0 Å². The third-order valence-corrected chi connectivity index (χ3v) is 3.81. The molecular formula is C12H24N2O2. The summed E-state index contributed by atoms with van der Waals surface area (Å²) in [6.45, 7) is 7.52. The highest BCUT2D eigenvalue weighted by molar-refractivity contribution is 4.94. The third kappa shape index (κ3) is 3.70. The number of morpholine rings is 1. The van der Waals surface area contributed by atoms with E-state index in [0.29, 0.717) is 12.0 Å². The van der Waals surface area contributed by atoms with Gasteiger partial charge in [0.1, 0.15) is 0 Å². The highest BCUT2D eigenvalue weighted by Crippen LogP contribution is 2.47. The van der Waals surface area contributed by atoms with Crippen LogP contribution in [0.15, 0.2) is 0 Å². The van der Waals surface area contributed by atoms with E-state index in [4.69, 9.17) is 9.84 Å². The summed E-state index contributed by atoms with van der Waals surface area (Å²) in [5, 5.41) is 12.5. The van der Waals surface area contributed by atoms with Gasteiger partial charge in [0.05, 0.1) is 13.2 Å². The van der Waals surface area contributed by atoms with E-state index in [2.05, 4.69) is 10.2 Å². The number of nitrogens with zero attached hydrogens (tertiary/aromatic N) is 1. The van der Waals surface area contributed by atoms with E-state index < -0.39 is 0 Å². The monoisotopic (exact) mass is 228 g/mol. The SMILES string of the molecule is OCCC1(CNCCN2CCOCC2)CC1. The van der Waals surface area contributed by atoms with Crippen molar-refractivity contribution in [3.8, 4) is 0 Å². The van der Waals surface area contributed by atoms with Crippen molar-refractivity contribution in [3.63, 3.8) is 0 Å². The number of hydrogen-bond acceptors (Lipinski definition) is 4. The molecule has 1 aliphatic carbocycles. The Labute approximate surface area is 98.0 Å². The van der Waals surface area contributed by atoms with Gasteiger partial charge in [0.25, 0.3) is 0 Å². The summed E-state index contributed by atoms with van der Waals surface area (Å²) in [7, 11) is 0. The lowest BCUT2D eigenvalue weighted by molar-refractivity contribution is 0.0382. The molecule has 94 valence electrons. The maximum Gasteiger partial charge on any atom is 0.0594 e. The maximum absolute atomic E-state index is 8.95. The van der Waals surface area contributed by atoms with E-state index in [1.165, 1.54) is 12.8 Å². The molecule has 0 bridgehead atoms. The number of aliphatic hydroxyl groups excluding tert-OH is 1. The van der Waals surface area contributed by atoms with Crippen molar-refractivity contribution in [2.75, 3.05) is 52.5 Å². The minimum atomic E-state index is 0.338. The van der Waals surface area contributed by atoms with E-state index in [9.17, 15) is 0 Å². The fourth-order valence-electron chi connectivity index (χ4n) is 2.34. The second kappa shape index (κ2) is 5.96. The zero-order valence-corrected chi connectivity index (χ0v) is 10.1. The molecule has 2 rings (SSSR count). The topological polar surface area (TPSA) is 44.7 Å². The van der Waals surface area contributed by atoms with Gasteiger partial charge in [-0.2, -0.15) is 0 Å². The average molecular weight is 228 g/mol. The molecule has 1 saturated carbocycles. The van der Waals surface area contributed by atoms with Crippen molar-refractivity contribution >= 4 is 0 Å². The van der Waals surface area contributed by atoms with Crippen LogP contribution in [0, 0.1) is 5.41 Å². The summed E-state index contributed by atoms with van der Waals surface area (Å²) in [6.07, 6.45) is 3.55. The number of rotatable bonds is 7. The highest BCUT2D eigenvalue weighted by Gasteiger charge is 2.41. The Morgan fingerprint density at radius 3 is 2.62 bits per heavy atom. The molecule has 0 radical (unpaired) electrons. The Morgan fingerprint density at radius 2 is 2.00 bits per heavy atom. The fraction of sp³-hybridized carbons (Fsp3) is 1.00. The van der Waals surface area contributed by atoms with Gasteiger partial charge in [0.2, 0.25) is 0 Å². The molecule has 2 fully saturated rings. The predicted molar refractivity (Wildman–Crippen MR) is 63.5 cm³/mol. The number of aliphatic hydroxyl groups is 1. The van der Waals surface area contributed by atoms with Crippen LogP contribution in [-0.4, -0.2) is 62.6 Å². The van der Waals surface area contributed by atoms with E-state index in [1.807, 2.05) is 0 Å². The fourth-order valence-corrected chi connectivity index (χ4v) is 2.34. The van der Waals surface area contributed by atoms with Crippen LogP contribution in [0.1, 0.15) is 19.3 Å². The molecule has 0 spiro atoms. The zero-order valence-electron chi connectivity index (χ0n) is 10.1. The zero-order chi connectivity index (χ0) is 11.3. The van der Waals surface area contributed by atoms with Crippen LogP contribution in [0.2, 0.25) is 0 Å². The standard InChI is InChI=1S/C12H24N2O2/c15-8-3-12(1-2-12)11-13-4-5-14-6-9-16-10-7-14/h13,15H,1-11H2. The molecule has 0 aromatic carbocycles. The molecule has 0 aromatic heterocycles. The molecular weight excluding hydrogens is 204 g/mol. The van der Waals surface area contributed by atoms with Crippen molar-refractivity contribution in [2.24, 2.45) is 5.41 Å². The van der Waals surface area contributed by atoms with Crippen molar-refractivity contribution in [1.82, 2.24) is 10.2 Å². The van der Waals surface area contributed by atoms with Gasteiger partial charge in [-0.1, -0.05) is 0 Å². The van der Waals surface area contributed by atoms with Crippen LogP contribution < -0.4 is 5.32 Å². The van der Waals surface area contributed by atoms with Gasteiger partial charge in [-0.05, 0) is 24.7 Å². The van der Waals surface area contributed by atoms with E-state index in [0.717, 1.165) is 52.4 Å². The quantitative estimate of drug-likeness (QED) is 0.605. The van der Waals surface area contributed by atoms with Crippen LogP contribution in [0.5, 0.6) is 0 Å². The van der Waals surface area contributed by atoms with Crippen LogP contribution in [0.25, 0.3) is 0 Å². The second-order valence-corrected chi connectivity index (χ2v) is 5.10. The minimum absolute atomic E-state index is 0.338. The summed E-state index contributed by atoms with van der Waals surface area (Å²) in [5.41, 5.74) is 0.444. The Hall–Kier alpha value is -0.160. The molecule has 0 atom stereocenters. The van der Waals surface area contributed by atoms with E-state index in [1.54, 1.807) is 0 Å². The first-order valence-electron chi connectivity index (χ1n) is 6.46. The van der Waals surface area contributed by atoms with Crippen molar-refractivity contribution in [3.05, 3.63) is 0 Å². The van der Waals surface area contributed by atoms with Gasteiger partial charge in [0.15, 0.2) is 0 Å². The molecule has 1 heterocycles. The first-order valence-corrected chi connectivity index (χ1v) is 6.46. The normalized spacial score (nSPS) is 24.6. The molecule has 1 saturated heterocycles. The number of hydrogen-bond donors (Lipinski definition) is 2. The minimum Gasteiger partial charge on any atom is -0.396 e. The second-order valence-electron chi connectivity index (χ2n) is 5.10. The third-order valence-electron chi connectivity index (χ3n) is 3.81. The molecule has 2 aliphatic rings. The molecule has 4 heteroatoms. The average Bonchev–Trinajstić information content (AvgIpc) is 3.07. The summed E-state index contributed by atoms with van der Waals surface area (Å²) in [6, 6.07) is 0. The van der Waals surface area contributed by atoms with Gasteiger partial charge in [0, 0.05) is 39.3 Å². The molecule has 4 nitrogen and oxygen atoms in total. The van der Waals surface area contributed by atoms with Gasteiger partial charge < -0.3 is 15.2 Å². The smallest absolute Gasteiger partial charge is 0.0594 e. The lowest BCUT2D eigenvalue weighted by Gasteiger charge is -2.27. The van der Waals surface area contributed by atoms with Crippen LogP contribution in [0.4, 0.5) is 0 Å². The lowest BCUT2D eigenvalue weighted by atomic mass is 10.0. The van der Waals surface area contributed by atoms with Crippen LogP contribution >= 0.6 is 0 Å². The van der Waals surface area contributed by atoms with E-state index in [-0.39, 0.29) is 0 Å². The highest BCUT2D eigenvalue weighted by atomic mass is 16.5. The molecule has 16 heavy (non-hydrogen) atoms. The first kappa shape index (κ1) is 12.3. The summed E-state index contributed by atoms with van der Waals surface area (Å²) < 4.78 is 5.31. The predicted octanol–water partition coefficient (Wildman–Crippen LogP) is 0.0708.